The summed E-state index contributed by atoms with van der Waals surface area (Å²) in [6.07, 6.45) is 0. The molecule has 0 aliphatic carbocycles. The molecule has 0 bridgehead atoms. The van der Waals surface area contributed by atoms with Crippen molar-refractivity contribution in [2.75, 3.05) is 7.11 Å². The zero-order chi connectivity index (χ0) is 15.0. The van der Waals surface area contributed by atoms with E-state index in [0.717, 1.165) is 4.88 Å². The number of thiophene rings is 1. The molecule has 0 unspecified atom stereocenters. The lowest BCUT2D eigenvalue weighted by atomic mass is 9.95. The third kappa shape index (κ3) is 2.88. The van der Waals surface area contributed by atoms with Crippen LogP contribution in [0.3, 0.4) is 0 Å². The minimum Gasteiger partial charge on any atom is -0.497 e. The number of hydrogen-bond acceptors (Lipinski definition) is 4. The lowest BCUT2D eigenvalue weighted by Crippen LogP contribution is -2.07. The van der Waals surface area contributed by atoms with E-state index in [-0.39, 0.29) is 5.41 Å². The summed E-state index contributed by atoms with van der Waals surface area (Å²) in [5.74, 6) is 0.644. The Morgan fingerprint density at radius 2 is 1.60 bits per heavy atom. The summed E-state index contributed by atoms with van der Waals surface area (Å²) >= 11 is 1.33. The Bertz CT molecular complexity index is 689. The summed E-state index contributed by atoms with van der Waals surface area (Å²) in [7, 11) is -1.89. The summed E-state index contributed by atoms with van der Waals surface area (Å²) in [6, 6.07) is 10.0. The van der Waals surface area contributed by atoms with Gasteiger partial charge in [-0.15, -0.1) is 11.3 Å². The van der Waals surface area contributed by atoms with Crippen LogP contribution in [0.2, 0.25) is 0 Å². The molecule has 108 valence electrons. The lowest BCUT2D eigenvalue weighted by Gasteiger charge is -2.15. The number of rotatable bonds is 3. The first kappa shape index (κ1) is 15.1. The Kier molecular flexibility index (Phi) is 3.93. The third-order valence-electron chi connectivity index (χ3n) is 2.96. The Labute approximate surface area is 124 Å². The highest BCUT2D eigenvalue weighted by atomic mass is 32.2. The Morgan fingerprint density at radius 1 is 1.00 bits per heavy atom. The number of sulfone groups is 1. The number of ether oxygens (including phenoxy) is 1. The van der Waals surface area contributed by atoms with Crippen LogP contribution < -0.4 is 4.74 Å². The fraction of sp³-hybridized carbons (Fsp3) is 0.333. The predicted octanol–water partition coefficient (Wildman–Crippen LogP) is 3.89. The van der Waals surface area contributed by atoms with Crippen molar-refractivity contribution < 1.29 is 13.2 Å². The average Bonchev–Trinajstić information content (AvgIpc) is 2.89. The van der Waals surface area contributed by atoms with Crippen LogP contribution in [0.1, 0.15) is 25.6 Å². The van der Waals surface area contributed by atoms with E-state index in [1.165, 1.54) is 11.3 Å². The van der Waals surface area contributed by atoms with Gasteiger partial charge < -0.3 is 4.74 Å². The molecule has 0 radical (unpaired) electrons. The molecule has 2 aromatic rings. The maximum atomic E-state index is 12.5. The molecule has 0 aliphatic heterocycles. The second kappa shape index (κ2) is 5.22. The zero-order valence-electron chi connectivity index (χ0n) is 12.0. The molecule has 1 aromatic carbocycles. The SMILES string of the molecule is COc1ccc(S(=O)(=O)c2ccc(C(C)(C)C)s2)cc1. The van der Waals surface area contributed by atoms with Gasteiger partial charge >= 0.3 is 0 Å². The van der Waals surface area contributed by atoms with Crippen molar-refractivity contribution >= 4 is 21.2 Å². The predicted molar refractivity (Wildman–Crippen MR) is 81.5 cm³/mol. The van der Waals surface area contributed by atoms with Crippen LogP contribution in [-0.4, -0.2) is 15.5 Å². The fourth-order valence-corrected chi connectivity index (χ4v) is 4.50. The zero-order valence-corrected chi connectivity index (χ0v) is 13.6. The van der Waals surface area contributed by atoms with Crippen molar-refractivity contribution in [1.82, 2.24) is 0 Å². The van der Waals surface area contributed by atoms with Gasteiger partial charge in [-0.2, -0.15) is 0 Å². The second-order valence-electron chi connectivity index (χ2n) is 5.55. The molecule has 0 spiro atoms. The molecule has 3 nitrogen and oxygen atoms in total. The smallest absolute Gasteiger partial charge is 0.215 e. The van der Waals surface area contributed by atoms with E-state index >= 15 is 0 Å². The van der Waals surface area contributed by atoms with Gasteiger partial charge in [0.25, 0.3) is 0 Å². The average molecular weight is 310 g/mol. The third-order valence-corrected chi connectivity index (χ3v) is 6.73. The van der Waals surface area contributed by atoms with Crippen molar-refractivity contribution in [2.24, 2.45) is 0 Å². The summed E-state index contributed by atoms with van der Waals surface area (Å²) in [4.78, 5) is 1.35. The second-order valence-corrected chi connectivity index (χ2v) is 8.81. The molecule has 20 heavy (non-hydrogen) atoms. The molecular formula is C15H18O3S2. The molecule has 1 heterocycles. The van der Waals surface area contributed by atoms with Gasteiger partial charge in [0.05, 0.1) is 12.0 Å². The van der Waals surface area contributed by atoms with Gasteiger partial charge in [0, 0.05) is 4.88 Å². The highest BCUT2D eigenvalue weighted by Gasteiger charge is 2.23. The van der Waals surface area contributed by atoms with Crippen LogP contribution in [0.4, 0.5) is 0 Å². The van der Waals surface area contributed by atoms with Gasteiger partial charge in [0.2, 0.25) is 9.84 Å². The van der Waals surface area contributed by atoms with E-state index < -0.39 is 9.84 Å². The largest absolute Gasteiger partial charge is 0.497 e. The molecule has 0 saturated carbocycles. The van der Waals surface area contributed by atoms with Gasteiger partial charge in [-0.3, -0.25) is 0 Å². The van der Waals surface area contributed by atoms with E-state index in [0.29, 0.717) is 14.9 Å². The van der Waals surface area contributed by atoms with E-state index in [4.69, 9.17) is 4.74 Å². The first-order chi connectivity index (χ1) is 9.25. The van der Waals surface area contributed by atoms with Crippen LogP contribution >= 0.6 is 11.3 Å². The lowest BCUT2D eigenvalue weighted by molar-refractivity contribution is 0.414. The van der Waals surface area contributed by atoms with Crippen molar-refractivity contribution in [2.45, 2.75) is 35.3 Å². The number of methoxy groups -OCH3 is 1. The van der Waals surface area contributed by atoms with Gasteiger partial charge in [0.15, 0.2) is 0 Å². The van der Waals surface area contributed by atoms with E-state index in [1.807, 2.05) is 6.07 Å². The van der Waals surface area contributed by atoms with Crippen LogP contribution in [-0.2, 0) is 15.3 Å². The number of benzene rings is 1. The molecule has 5 heteroatoms. The maximum Gasteiger partial charge on any atom is 0.215 e. The summed E-state index contributed by atoms with van der Waals surface area (Å²) in [5.41, 5.74) is -0.0433. The Hall–Kier alpha value is -1.33. The summed E-state index contributed by atoms with van der Waals surface area (Å²) < 4.78 is 30.5. The summed E-state index contributed by atoms with van der Waals surface area (Å²) in [5, 5.41) is 0. The first-order valence-electron chi connectivity index (χ1n) is 6.24. The van der Waals surface area contributed by atoms with Gasteiger partial charge in [-0.1, -0.05) is 20.8 Å². The van der Waals surface area contributed by atoms with Crippen molar-refractivity contribution in [3.05, 3.63) is 41.3 Å². The first-order valence-corrected chi connectivity index (χ1v) is 8.54. The standard InChI is InChI=1S/C15H18O3S2/c1-15(2,3)13-9-10-14(19-13)20(16,17)12-7-5-11(18-4)6-8-12/h5-10H,1-4H3. The molecule has 0 saturated heterocycles. The summed E-state index contributed by atoms with van der Waals surface area (Å²) in [6.45, 7) is 6.22. The molecule has 0 amide bonds. The van der Waals surface area contributed by atoms with Gasteiger partial charge in [-0.05, 0) is 41.8 Å². The minimum atomic E-state index is -3.44. The number of hydrogen-bond donors (Lipinski definition) is 0. The van der Waals surface area contributed by atoms with Crippen LogP contribution in [0.25, 0.3) is 0 Å². The minimum absolute atomic E-state index is 0.0433. The quantitative estimate of drug-likeness (QED) is 0.864. The monoisotopic (exact) mass is 310 g/mol. The Balaban J connectivity index is 2.41. The van der Waals surface area contributed by atoms with E-state index in [1.54, 1.807) is 37.4 Å². The highest BCUT2D eigenvalue weighted by molar-refractivity contribution is 7.93. The molecule has 0 N–H and O–H groups in total. The van der Waals surface area contributed by atoms with Crippen molar-refractivity contribution in [3.8, 4) is 5.75 Å². The van der Waals surface area contributed by atoms with E-state index in [9.17, 15) is 8.42 Å². The topological polar surface area (TPSA) is 43.4 Å². The van der Waals surface area contributed by atoms with Crippen LogP contribution in [0, 0.1) is 0 Å². The van der Waals surface area contributed by atoms with E-state index in [2.05, 4.69) is 20.8 Å². The molecule has 0 aliphatic rings. The Morgan fingerprint density at radius 3 is 2.05 bits per heavy atom. The van der Waals surface area contributed by atoms with Crippen molar-refractivity contribution in [3.63, 3.8) is 0 Å². The highest BCUT2D eigenvalue weighted by Crippen LogP contribution is 2.34. The normalized spacial score (nSPS) is 12.4. The fourth-order valence-electron chi connectivity index (χ4n) is 1.74. The molecule has 1 aromatic heterocycles. The van der Waals surface area contributed by atoms with Crippen molar-refractivity contribution in [1.29, 1.82) is 0 Å². The van der Waals surface area contributed by atoms with Gasteiger partial charge in [0.1, 0.15) is 9.96 Å². The van der Waals surface area contributed by atoms with Crippen LogP contribution in [0.15, 0.2) is 45.5 Å². The van der Waals surface area contributed by atoms with Gasteiger partial charge in [-0.25, -0.2) is 8.42 Å². The molecule has 0 fully saturated rings. The molecule has 2 rings (SSSR count). The molecule has 0 atom stereocenters. The molecular weight excluding hydrogens is 292 g/mol. The van der Waals surface area contributed by atoms with Crippen LogP contribution in [0.5, 0.6) is 5.75 Å². The maximum absolute atomic E-state index is 12.5.